The Morgan fingerprint density at radius 1 is 1.12 bits per heavy atom. The van der Waals surface area contributed by atoms with E-state index in [1.165, 1.54) is 12.4 Å². The van der Waals surface area contributed by atoms with Crippen molar-refractivity contribution in [2.45, 2.75) is 0 Å². The van der Waals surface area contributed by atoms with Crippen LogP contribution in [0.1, 0.15) is 0 Å². The number of aromatic amines is 1. The average Bonchev–Trinajstić information content (AvgIpc) is 2.81. The molecule has 0 fully saturated rings. The second kappa shape index (κ2) is 3.86. The first kappa shape index (κ1) is 9.77. The first-order valence-electron chi connectivity index (χ1n) is 5.14. The number of benzene rings is 1. The van der Waals surface area contributed by atoms with Gasteiger partial charge in [0.15, 0.2) is 0 Å². The maximum atomic E-state index is 13.5. The molecule has 0 amide bonds. The Morgan fingerprint density at radius 3 is 2.88 bits per heavy atom. The van der Waals surface area contributed by atoms with Crippen molar-refractivity contribution in [3.63, 3.8) is 0 Å². The summed E-state index contributed by atoms with van der Waals surface area (Å²) in [6.45, 7) is 0. The molecule has 3 aromatic rings. The van der Waals surface area contributed by atoms with E-state index < -0.39 is 0 Å². The van der Waals surface area contributed by atoms with E-state index in [1.54, 1.807) is 24.4 Å². The lowest BCUT2D eigenvalue weighted by atomic mass is 10.3. The molecule has 0 spiro atoms. The highest BCUT2D eigenvalue weighted by molar-refractivity contribution is 5.88. The second-order valence-corrected chi connectivity index (χ2v) is 3.57. The number of nitrogens with one attached hydrogen (secondary N) is 2. The average molecular weight is 228 g/mol. The van der Waals surface area contributed by atoms with Gasteiger partial charge in [-0.2, -0.15) is 0 Å². The van der Waals surface area contributed by atoms with Gasteiger partial charge in [-0.1, -0.05) is 12.1 Å². The molecule has 0 aliphatic carbocycles. The summed E-state index contributed by atoms with van der Waals surface area (Å²) < 4.78 is 13.5. The monoisotopic (exact) mass is 228 g/mol. The minimum Gasteiger partial charge on any atom is -0.346 e. The molecule has 4 nitrogen and oxygen atoms in total. The fourth-order valence-electron chi connectivity index (χ4n) is 1.66. The number of hydrogen-bond acceptors (Lipinski definition) is 3. The molecular weight excluding hydrogens is 219 g/mol. The first-order valence-corrected chi connectivity index (χ1v) is 5.14. The fourth-order valence-corrected chi connectivity index (χ4v) is 1.66. The Balaban J connectivity index is 2.06. The van der Waals surface area contributed by atoms with Crippen LogP contribution in [0.15, 0.2) is 42.9 Å². The SMILES string of the molecule is Fc1ccccc1Nc1ncnc2[nH]ccc12. The minimum absolute atomic E-state index is 0.310. The number of fused-ring (bicyclic) bond motifs is 1. The number of para-hydroxylation sites is 1. The normalized spacial score (nSPS) is 10.6. The van der Waals surface area contributed by atoms with Crippen LogP contribution < -0.4 is 5.32 Å². The summed E-state index contributed by atoms with van der Waals surface area (Å²) in [5.41, 5.74) is 1.12. The maximum absolute atomic E-state index is 13.5. The number of halogens is 1. The van der Waals surface area contributed by atoms with E-state index in [1.807, 2.05) is 6.07 Å². The summed E-state index contributed by atoms with van der Waals surface area (Å²) in [4.78, 5) is 11.1. The molecule has 2 N–H and O–H groups in total. The number of nitrogens with zero attached hydrogens (tertiary/aromatic N) is 2. The van der Waals surface area contributed by atoms with Gasteiger partial charge in [0.1, 0.15) is 23.6 Å². The van der Waals surface area contributed by atoms with E-state index >= 15 is 0 Å². The van der Waals surface area contributed by atoms with Crippen molar-refractivity contribution in [1.29, 1.82) is 0 Å². The molecule has 1 aromatic carbocycles. The van der Waals surface area contributed by atoms with Gasteiger partial charge >= 0.3 is 0 Å². The van der Waals surface area contributed by atoms with Crippen molar-refractivity contribution in [1.82, 2.24) is 15.0 Å². The van der Waals surface area contributed by atoms with Gasteiger partial charge in [0.25, 0.3) is 0 Å². The van der Waals surface area contributed by atoms with E-state index in [2.05, 4.69) is 20.3 Å². The summed E-state index contributed by atoms with van der Waals surface area (Å²) in [5, 5.41) is 3.78. The first-order chi connectivity index (χ1) is 8.34. The van der Waals surface area contributed by atoms with Gasteiger partial charge < -0.3 is 10.3 Å². The lowest BCUT2D eigenvalue weighted by molar-refractivity contribution is 0.632. The topological polar surface area (TPSA) is 53.6 Å². The minimum atomic E-state index is -0.310. The molecule has 0 saturated heterocycles. The quantitative estimate of drug-likeness (QED) is 0.709. The van der Waals surface area contributed by atoms with Gasteiger partial charge in [-0.15, -0.1) is 0 Å². The number of hydrogen-bond donors (Lipinski definition) is 2. The van der Waals surface area contributed by atoms with Crippen LogP contribution in [0.25, 0.3) is 11.0 Å². The Labute approximate surface area is 96.5 Å². The summed E-state index contributed by atoms with van der Waals surface area (Å²) in [6.07, 6.45) is 3.20. The van der Waals surface area contributed by atoms with Crippen LogP contribution in [-0.2, 0) is 0 Å². The lowest BCUT2D eigenvalue weighted by Crippen LogP contribution is -1.97. The molecule has 0 aliphatic heterocycles. The van der Waals surface area contributed by atoms with E-state index in [9.17, 15) is 4.39 Å². The molecule has 0 atom stereocenters. The van der Waals surface area contributed by atoms with Crippen LogP contribution in [0, 0.1) is 5.82 Å². The van der Waals surface area contributed by atoms with Crippen LogP contribution in [0.2, 0.25) is 0 Å². The number of anilines is 2. The summed E-state index contributed by atoms with van der Waals surface area (Å²) >= 11 is 0. The third kappa shape index (κ3) is 1.71. The van der Waals surface area contributed by atoms with Crippen molar-refractivity contribution in [2.75, 3.05) is 5.32 Å². The van der Waals surface area contributed by atoms with E-state index in [0.717, 1.165) is 11.0 Å². The molecule has 2 aromatic heterocycles. The molecule has 0 saturated carbocycles. The van der Waals surface area contributed by atoms with Crippen LogP contribution in [0.4, 0.5) is 15.9 Å². The Kier molecular flexibility index (Phi) is 2.22. The predicted octanol–water partition coefficient (Wildman–Crippen LogP) is 2.84. The molecular formula is C12H9FN4. The predicted molar refractivity (Wildman–Crippen MR) is 63.6 cm³/mol. The van der Waals surface area contributed by atoms with Crippen molar-refractivity contribution >= 4 is 22.5 Å². The van der Waals surface area contributed by atoms with Gasteiger partial charge in [-0.05, 0) is 18.2 Å². The van der Waals surface area contributed by atoms with Crippen molar-refractivity contribution in [3.05, 3.63) is 48.7 Å². The smallest absolute Gasteiger partial charge is 0.146 e. The zero-order valence-electron chi connectivity index (χ0n) is 8.81. The van der Waals surface area contributed by atoms with E-state index in [-0.39, 0.29) is 5.82 Å². The molecule has 84 valence electrons. The highest BCUT2D eigenvalue weighted by Crippen LogP contribution is 2.23. The van der Waals surface area contributed by atoms with Crippen molar-refractivity contribution in [2.24, 2.45) is 0 Å². The maximum Gasteiger partial charge on any atom is 0.146 e. The summed E-state index contributed by atoms with van der Waals surface area (Å²) in [6, 6.07) is 8.32. The Morgan fingerprint density at radius 2 is 2.00 bits per heavy atom. The van der Waals surface area contributed by atoms with Crippen LogP contribution in [0.3, 0.4) is 0 Å². The zero-order chi connectivity index (χ0) is 11.7. The fraction of sp³-hybridized carbons (Fsp3) is 0. The van der Waals surface area contributed by atoms with E-state index in [0.29, 0.717) is 11.5 Å². The highest BCUT2D eigenvalue weighted by Gasteiger charge is 2.06. The highest BCUT2D eigenvalue weighted by atomic mass is 19.1. The van der Waals surface area contributed by atoms with E-state index in [4.69, 9.17) is 0 Å². The summed E-state index contributed by atoms with van der Waals surface area (Å²) in [7, 11) is 0. The Hall–Kier alpha value is -2.43. The molecule has 5 heteroatoms. The van der Waals surface area contributed by atoms with Gasteiger partial charge in [0.2, 0.25) is 0 Å². The number of aromatic nitrogens is 3. The standard InChI is InChI=1S/C12H9FN4/c13-9-3-1-2-4-10(9)17-12-8-5-6-14-11(8)15-7-16-12/h1-7H,(H2,14,15,16,17). The van der Waals surface area contributed by atoms with Crippen LogP contribution >= 0.6 is 0 Å². The second-order valence-electron chi connectivity index (χ2n) is 3.57. The molecule has 2 heterocycles. The van der Waals surface area contributed by atoms with Crippen LogP contribution in [-0.4, -0.2) is 15.0 Å². The Bertz CT molecular complexity index is 662. The molecule has 0 unspecified atom stereocenters. The van der Waals surface area contributed by atoms with Gasteiger partial charge in [-0.3, -0.25) is 0 Å². The van der Waals surface area contributed by atoms with Gasteiger partial charge in [-0.25, -0.2) is 14.4 Å². The molecule has 0 bridgehead atoms. The third-order valence-corrected chi connectivity index (χ3v) is 2.48. The molecule has 3 rings (SSSR count). The third-order valence-electron chi connectivity index (χ3n) is 2.48. The zero-order valence-corrected chi connectivity index (χ0v) is 8.81. The van der Waals surface area contributed by atoms with Gasteiger partial charge in [0, 0.05) is 6.20 Å². The van der Waals surface area contributed by atoms with Crippen molar-refractivity contribution < 1.29 is 4.39 Å². The molecule has 17 heavy (non-hydrogen) atoms. The number of rotatable bonds is 2. The summed E-state index contributed by atoms with van der Waals surface area (Å²) in [5.74, 6) is 0.274. The molecule has 0 radical (unpaired) electrons. The largest absolute Gasteiger partial charge is 0.346 e. The van der Waals surface area contributed by atoms with Gasteiger partial charge in [0.05, 0.1) is 11.1 Å². The lowest BCUT2D eigenvalue weighted by Gasteiger charge is -2.06. The molecule has 0 aliphatic rings. The van der Waals surface area contributed by atoms with Crippen molar-refractivity contribution in [3.8, 4) is 0 Å². The number of H-pyrrole nitrogens is 1. The van der Waals surface area contributed by atoms with Crippen LogP contribution in [0.5, 0.6) is 0 Å².